The SMILES string of the molecule is O=C(N=S1(=O)CCCN(C(=O)COC2CCOC2)CC1)c1occc1Br. The zero-order valence-electron chi connectivity index (χ0n) is 14.2. The van der Waals surface area contributed by atoms with Crippen LogP contribution >= 0.6 is 15.9 Å². The van der Waals surface area contributed by atoms with Crippen LogP contribution in [0.2, 0.25) is 0 Å². The van der Waals surface area contributed by atoms with Gasteiger partial charge in [-0.05, 0) is 34.8 Å². The van der Waals surface area contributed by atoms with E-state index in [-0.39, 0.29) is 42.4 Å². The first kappa shape index (κ1) is 19.5. The molecule has 2 aliphatic heterocycles. The van der Waals surface area contributed by atoms with Gasteiger partial charge in [0.2, 0.25) is 11.7 Å². The van der Waals surface area contributed by atoms with Crippen LogP contribution in [-0.2, 0) is 24.0 Å². The van der Waals surface area contributed by atoms with Gasteiger partial charge in [-0.15, -0.1) is 0 Å². The van der Waals surface area contributed by atoms with Crippen LogP contribution in [0.3, 0.4) is 0 Å². The highest BCUT2D eigenvalue weighted by Crippen LogP contribution is 2.20. The predicted octanol–water partition coefficient (Wildman–Crippen LogP) is 1.69. The number of amides is 2. The minimum absolute atomic E-state index is 0.00929. The van der Waals surface area contributed by atoms with E-state index >= 15 is 0 Å². The standard InChI is InChI=1S/C16H21BrN2O6S/c17-13-3-7-24-15(13)16(21)18-26(22)8-1-4-19(5-9-26)14(20)11-25-12-2-6-23-10-12/h3,7,12H,1-2,4-6,8-11H2. The van der Waals surface area contributed by atoms with Crippen molar-refractivity contribution in [2.45, 2.75) is 18.9 Å². The molecule has 0 saturated carbocycles. The molecular formula is C16H21BrN2O6S. The Balaban J connectivity index is 1.59. The lowest BCUT2D eigenvalue weighted by atomic mass is 10.3. The van der Waals surface area contributed by atoms with E-state index in [2.05, 4.69) is 20.3 Å². The maximum atomic E-state index is 12.9. The minimum atomic E-state index is -2.73. The molecule has 2 saturated heterocycles. The fourth-order valence-electron chi connectivity index (χ4n) is 2.85. The number of hydrogen-bond acceptors (Lipinski definition) is 6. The van der Waals surface area contributed by atoms with Crippen molar-refractivity contribution >= 4 is 37.5 Å². The monoisotopic (exact) mass is 448 g/mol. The lowest BCUT2D eigenvalue weighted by molar-refractivity contribution is -0.137. The Morgan fingerprint density at radius 2 is 2.23 bits per heavy atom. The molecule has 2 atom stereocenters. The van der Waals surface area contributed by atoms with E-state index in [1.54, 1.807) is 11.0 Å². The second kappa shape index (κ2) is 8.64. The summed E-state index contributed by atoms with van der Waals surface area (Å²) < 4.78 is 33.2. The first-order valence-corrected chi connectivity index (χ1v) is 11.1. The molecule has 2 fully saturated rings. The summed E-state index contributed by atoms with van der Waals surface area (Å²) in [5.41, 5.74) is 0. The van der Waals surface area contributed by atoms with Gasteiger partial charge in [0.25, 0.3) is 0 Å². The Hall–Kier alpha value is -1.23. The molecule has 144 valence electrons. The molecule has 2 unspecified atom stereocenters. The lowest BCUT2D eigenvalue weighted by Gasteiger charge is -2.20. The first-order valence-electron chi connectivity index (χ1n) is 8.44. The van der Waals surface area contributed by atoms with E-state index in [4.69, 9.17) is 13.9 Å². The van der Waals surface area contributed by atoms with Gasteiger partial charge in [0.15, 0.2) is 0 Å². The van der Waals surface area contributed by atoms with Gasteiger partial charge in [-0.3, -0.25) is 9.59 Å². The molecule has 0 bridgehead atoms. The quantitative estimate of drug-likeness (QED) is 0.694. The van der Waals surface area contributed by atoms with Crippen LogP contribution in [0.5, 0.6) is 0 Å². The molecule has 8 nitrogen and oxygen atoms in total. The van der Waals surface area contributed by atoms with E-state index < -0.39 is 15.6 Å². The smallest absolute Gasteiger partial charge is 0.321 e. The molecule has 3 rings (SSSR count). The molecule has 0 radical (unpaired) electrons. The summed E-state index contributed by atoms with van der Waals surface area (Å²) in [7, 11) is -2.73. The highest BCUT2D eigenvalue weighted by Gasteiger charge is 2.25. The molecular weight excluding hydrogens is 428 g/mol. The van der Waals surface area contributed by atoms with E-state index in [9.17, 15) is 13.8 Å². The van der Waals surface area contributed by atoms with Crippen molar-refractivity contribution < 1.29 is 27.7 Å². The van der Waals surface area contributed by atoms with Gasteiger partial charge in [-0.1, -0.05) is 0 Å². The van der Waals surface area contributed by atoms with Gasteiger partial charge < -0.3 is 18.8 Å². The number of furan rings is 1. The van der Waals surface area contributed by atoms with E-state index in [0.717, 1.165) is 6.42 Å². The molecule has 10 heteroatoms. The summed E-state index contributed by atoms with van der Waals surface area (Å²) in [5.74, 6) is -0.304. The number of carbonyl (C=O) groups excluding carboxylic acids is 2. The lowest BCUT2D eigenvalue weighted by Crippen LogP contribution is -2.37. The molecule has 0 spiro atoms. The zero-order valence-corrected chi connectivity index (χ0v) is 16.6. The molecule has 3 heterocycles. The second-order valence-electron chi connectivity index (χ2n) is 6.21. The fourth-order valence-corrected chi connectivity index (χ4v) is 5.08. The van der Waals surface area contributed by atoms with E-state index in [0.29, 0.717) is 30.7 Å². The first-order chi connectivity index (χ1) is 12.5. The van der Waals surface area contributed by atoms with Crippen LogP contribution in [0.15, 0.2) is 25.6 Å². The van der Waals surface area contributed by atoms with Crippen molar-refractivity contribution in [2.75, 3.05) is 44.4 Å². The van der Waals surface area contributed by atoms with Crippen molar-refractivity contribution in [3.63, 3.8) is 0 Å². The average Bonchev–Trinajstić information content (AvgIpc) is 3.23. The van der Waals surface area contributed by atoms with Crippen molar-refractivity contribution in [1.29, 1.82) is 0 Å². The Morgan fingerprint density at radius 3 is 2.92 bits per heavy atom. The fraction of sp³-hybridized carbons (Fsp3) is 0.625. The number of rotatable bonds is 4. The summed E-state index contributed by atoms with van der Waals surface area (Å²) in [6.45, 7) is 1.94. The van der Waals surface area contributed by atoms with Crippen LogP contribution < -0.4 is 0 Å². The van der Waals surface area contributed by atoms with E-state index in [1.165, 1.54) is 6.26 Å². The van der Waals surface area contributed by atoms with Crippen LogP contribution in [0.25, 0.3) is 0 Å². The van der Waals surface area contributed by atoms with Gasteiger partial charge in [0, 0.05) is 31.2 Å². The summed E-state index contributed by atoms with van der Waals surface area (Å²) in [5, 5.41) is 0. The molecule has 1 aromatic rings. The Kier molecular flexibility index (Phi) is 6.49. The van der Waals surface area contributed by atoms with Gasteiger partial charge in [-0.25, -0.2) is 4.21 Å². The molecule has 0 N–H and O–H groups in total. The van der Waals surface area contributed by atoms with Crippen LogP contribution in [0.4, 0.5) is 0 Å². The zero-order chi connectivity index (χ0) is 18.6. The van der Waals surface area contributed by atoms with Gasteiger partial charge in [0.1, 0.15) is 6.61 Å². The third-order valence-corrected chi connectivity index (χ3v) is 7.19. The van der Waals surface area contributed by atoms with Crippen LogP contribution in [0, 0.1) is 0 Å². The summed E-state index contributed by atoms with van der Waals surface area (Å²) in [4.78, 5) is 26.1. The van der Waals surface area contributed by atoms with E-state index in [1.807, 2.05) is 0 Å². The number of nitrogens with zero attached hydrogens (tertiary/aromatic N) is 2. The average molecular weight is 449 g/mol. The number of hydrogen-bond donors (Lipinski definition) is 0. The maximum Gasteiger partial charge on any atom is 0.321 e. The van der Waals surface area contributed by atoms with Crippen molar-refractivity contribution in [2.24, 2.45) is 4.36 Å². The van der Waals surface area contributed by atoms with Gasteiger partial charge >= 0.3 is 5.91 Å². The molecule has 26 heavy (non-hydrogen) atoms. The van der Waals surface area contributed by atoms with Crippen molar-refractivity contribution in [1.82, 2.24) is 4.90 Å². The van der Waals surface area contributed by atoms with Crippen molar-refractivity contribution in [3.8, 4) is 0 Å². The largest absolute Gasteiger partial charge is 0.458 e. The Morgan fingerprint density at radius 1 is 1.38 bits per heavy atom. The van der Waals surface area contributed by atoms with Gasteiger partial charge in [-0.2, -0.15) is 4.36 Å². The third-order valence-electron chi connectivity index (χ3n) is 4.32. The molecule has 2 amide bonds. The van der Waals surface area contributed by atoms with Crippen LogP contribution in [-0.4, -0.2) is 71.4 Å². The molecule has 0 aliphatic carbocycles. The highest BCUT2D eigenvalue weighted by molar-refractivity contribution is 9.10. The third kappa shape index (κ3) is 4.93. The highest BCUT2D eigenvalue weighted by atomic mass is 79.9. The second-order valence-corrected chi connectivity index (χ2v) is 9.60. The maximum absolute atomic E-state index is 12.9. The predicted molar refractivity (Wildman–Crippen MR) is 97.4 cm³/mol. The number of carbonyl (C=O) groups is 2. The number of halogens is 1. The number of ether oxygens (including phenoxy) is 2. The minimum Gasteiger partial charge on any atom is -0.458 e. The van der Waals surface area contributed by atoms with Crippen molar-refractivity contribution in [3.05, 3.63) is 22.6 Å². The molecule has 2 aliphatic rings. The molecule has 0 aromatic carbocycles. The molecule has 1 aromatic heterocycles. The summed E-state index contributed by atoms with van der Waals surface area (Å²) >= 11 is 3.20. The summed E-state index contributed by atoms with van der Waals surface area (Å²) in [6, 6.07) is 1.58. The normalized spacial score (nSPS) is 26.5. The Bertz CT molecular complexity index is 779. The topological polar surface area (TPSA) is 98.4 Å². The van der Waals surface area contributed by atoms with Crippen LogP contribution in [0.1, 0.15) is 23.4 Å². The Labute approximate surface area is 160 Å². The summed E-state index contributed by atoms with van der Waals surface area (Å²) in [6.07, 6.45) is 2.65. The van der Waals surface area contributed by atoms with Gasteiger partial charge in [0.05, 0.1) is 33.2 Å².